The maximum atomic E-state index is 12.6. The number of esters is 1. The van der Waals surface area contributed by atoms with Crippen LogP contribution in [-0.4, -0.2) is 38.1 Å². The Balaban J connectivity index is 2.22. The van der Waals surface area contributed by atoms with E-state index in [1.165, 1.54) is 12.0 Å². The van der Waals surface area contributed by atoms with Gasteiger partial charge in [0.15, 0.2) is 0 Å². The zero-order chi connectivity index (χ0) is 15.6. The van der Waals surface area contributed by atoms with Gasteiger partial charge < -0.3 is 4.74 Å². The SMILES string of the molecule is CC[C@@H]1c2ccsc2CCN1S(=O)(=O)C[C@H](C)C(=O)OC. The van der Waals surface area contributed by atoms with Gasteiger partial charge in [-0.05, 0) is 29.9 Å². The van der Waals surface area contributed by atoms with Gasteiger partial charge in [0.25, 0.3) is 0 Å². The van der Waals surface area contributed by atoms with E-state index in [4.69, 9.17) is 0 Å². The van der Waals surface area contributed by atoms with Crippen molar-refractivity contribution in [3.8, 4) is 0 Å². The minimum Gasteiger partial charge on any atom is -0.469 e. The van der Waals surface area contributed by atoms with Gasteiger partial charge in [0.05, 0.1) is 24.8 Å². The highest BCUT2D eigenvalue weighted by Gasteiger charge is 2.36. The smallest absolute Gasteiger partial charge is 0.309 e. The van der Waals surface area contributed by atoms with Crippen LogP contribution in [0.4, 0.5) is 0 Å². The number of hydrogen-bond donors (Lipinski definition) is 0. The number of rotatable bonds is 5. The molecule has 21 heavy (non-hydrogen) atoms. The third-order valence-corrected chi connectivity index (χ3v) is 6.92. The number of carbonyl (C=O) groups excluding carboxylic acids is 1. The Labute approximate surface area is 130 Å². The molecule has 0 amide bonds. The van der Waals surface area contributed by atoms with E-state index in [0.29, 0.717) is 6.54 Å². The maximum absolute atomic E-state index is 12.6. The Morgan fingerprint density at radius 3 is 2.90 bits per heavy atom. The Hall–Kier alpha value is -0.920. The minimum atomic E-state index is -3.48. The van der Waals surface area contributed by atoms with Gasteiger partial charge in [-0.2, -0.15) is 4.31 Å². The summed E-state index contributed by atoms with van der Waals surface area (Å²) in [5.74, 6) is -1.34. The molecule has 118 valence electrons. The molecule has 0 radical (unpaired) electrons. The third-order valence-electron chi connectivity index (χ3n) is 3.85. The highest BCUT2D eigenvalue weighted by Crippen LogP contribution is 2.37. The fraction of sp³-hybridized carbons (Fsp3) is 0.643. The van der Waals surface area contributed by atoms with Crippen LogP contribution in [0.1, 0.15) is 36.8 Å². The van der Waals surface area contributed by atoms with E-state index in [2.05, 4.69) is 4.74 Å². The molecule has 2 heterocycles. The molecule has 0 aliphatic carbocycles. The molecule has 2 atom stereocenters. The second kappa shape index (κ2) is 6.46. The molecular formula is C14H21NO4S2. The lowest BCUT2D eigenvalue weighted by Crippen LogP contribution is -2.42. The second-order valence-electron chi connectivity index (χ2n) is 5.29. The summed E-state index contributed by atoms with van der Waals surface area (Å²) in [4.78, 5) is 12.7. The summed E-state index contributed by atoms with van der Waals surface area (Å²) in [6.45, 7) is 4.07. The van der Waals surface area contributed by atoms with Crippen LogP contribution in [0.3, 0.4) is 0 Å². The van der Waals surface area contributed by atoms with E-state index in [0.717, 1.165) is 18.4 Å². The van der Waals surface area contributed by atoms with Gasteiger partial charge in [-0.15, -0.1) is 11.3 Å². The van der Waals surface area contributed by atoms with E-state index in [1.807, 2.05) is 18.4 Å². The summed E-state index contributed by atoms with van der Waals surface area (Å²) < 4.78 is 31.5. The van der Waals surface area contributed by atoms with Crippen molar-refractivity contribution >= 4 is 27.3 Å². The molecule has 1 aromatic rings. The zero-order valence-electron chi connectivity index (χ0n) is 12.5. The Morgan fingerprint density at radius 1 is 1.57 bits per heavy atom. The number of methoxy groups -OCH3 is 1. The molecule has 0 spiro atoms. The van der Waals surface area contributed by atoms with E-state index in [-0.39, 0.29) is 11.8 Å². The van der Waals surface area contributed by atoms with Gasteiger partial charge in [-0.3, -0.25) is 4.79 Å². The van der Waals surface area contributed by atoms with E-state index < -0.39 is 21.9 Å². The van der Waals surface area contributed by atoms with Crippen LogP contribution in [0, 0.1) is 5.92 Å². The first-order chi connectivity index (χ1) is 9.90. The van der Waals surface area contributed by atoms with Gasteiger partial charge in [-0.25, -0.2) is 8.42 Å². The molecule has 5 nitrogen and oxygen atoms in total. The van der Waals surface area contributed by atoms with Crippen LogP contribution < -0.4 is 0 Å². The third kappa shape index (κ3) is 3.30. The van der Waals surface area contributed by atoms with Gasteiger partial charge in [0.1, 0.15) is 0 Å². The van der Waals surface area contributed by atoms with Crippen LogP contribution in [0.2, 0.25) is 0 Å². The van der Waals surface area contributed by atoms with Gasteiger partial charge in [0, 0.05) is 11.4 Å². The fourth-order valence-electron chi connectivity index (χ4n) is 2.81. The first-order valence-corrected chi connectivity index (χ1v) is 9.53. The molecule has 1 aliphatic heterocycles. The number of sulfonamides is 1. The average molecular weight is 331 g/mol. The van der Waals surface area contributed by atoms with Crippen molar-refractivity contribution in [1.82, 2.24) is 4.31 Å². The van der Waals surface area contributed by atoms with Crippen LogP contribution in [0.15, 0.2) is 11.4 Å². The molecule has 0 saturated heterocycles. The van der Waals surface area contributed by atoms with Gasteiger partial charge >= 0.3 is 5.97 Å². The fourth-order valence-corrected chi connectivity index (χ4v) is 5.72. The summed E-state index contributed by atoms with van der Waals surface area (Å²) in [5, 5.41) is 2.01. The molecule has 0 N–H and O–H groups in total. The van der Waals surface area contributed by atoms with Crippen molar-refractivity contribution in [2.45, 2.75) is 32.7 Å². The average Bonchev–Trinajstić information content (AvgIpc) is 2.92. The standard InChI is InChI=1S/C14H21NO4S2/c1-4-12-11-6-8-20-13(11)5-7-15(12)21(17,18)9-10(2)14(16)19-3/h6,8,10,12H,4-5,7,9H2,1-3H3/t10-,12+/m0/s1. The van der Waals surface area contributed by atoms with E-state index in [9.17, 15) is 13.2 Å². The zero-order valence-corrected chi connectivity index (χ0v) is 14.2. The number of fused-ring (bicyclic) bond motifs is 1. The van der Waals surface area contributed by atoms with Crippen LogP contribution >= 0.6 is 11.3 Å². The topological polar surface area (TPSA) is 63.7 Å². The molecule has 1 aliphatic rings. The van der Waals surface area contributed by atoms with Crippen LogP contribution in [-0.2, 0) is 26.0 Å². The van der Waals surface area contributed by atoms with E-state index in [1.54, 1.807) is 22.6 Å². The highest BCUT2D eigenvalue weighted by molar-refractivity contribution is 7.89. The lowest BCUT2D eigenvalue weighted by Gasteiger charge is -2.34. The number of carbonyl (C=O) groups is 1. The van der Waals surface area contributed by atoms with Crippen molar-refractivity contribution in [3.05, 3.63) is 21.9 Å². The number of thiophene rings is 1. The first kappa shape index (κ1) is 16.5. The Morgan fingerprint density at radius 2 is 2.29 bits per heavy atom. The predicted octanol–water partition coefficient (Wildman–Crippen LogP) is 2.20. The second-order valence-corrected chi connectivity index (χ2v) is 8.25. The predicted molar refractivity (Wildman–Crippen MR) is 82.7 cm³/mol. The summed E-state index contributed by atoms with van der Waals surface area (Å²) in [7, 11) is -2.21. The largest absolute Gasteiger partial charge is 0.469 e. The van der Waals surface area contributed by atoms with E-state index >= 15 is 0 Å². The molecule has 0 aromatic carbocycles. The Bertz CT molecular complexity index is 608. The van der Waals surface area contributed by atoms with Crippen LogP contribution in [0.5, 0.6) is 0 Å². The molecule has 1 aromatic heterocycles. The van der Waals surface area contributed by atoms with Crippen molar-refractivity contribution in [2.75, 3.05) is 19.4 Å². The van der Waals surface area contributed by atoms with Crippen molar-refractivity contribution in [1.29, 1.82) is 0 Å². The Kier molecular flexibility index (Phi) is 5.06. The quantitative estimate of drug-likeness (QED) is 0.776. The lowest BCUT2D eigenvalue weighted by molar-refractivity contribution is -0.144. The highest BCUT2D eigenvalue weighted by atomic mass is 32.2. The van der Waals surface area contributed by atoms with Crippen molar-refractivity contribution in [2.24, 2.45) is 5.92 Å². The number of ether oxygens (including phenoxy) is 1. The van der Waals surface area contributed by atoms with Gasteiger partial charge in [-0.1, -0.05) is 13.8 Å². The summed E-state index contributed by atoms with van der Waals surface area (Å²) in [6, 6.07) is 1.90. The number of nitrogens with zero attached hydrogens (tertiary/aromatic N) is 1. The molecule has 0 fully saturated rings. The van der Waals surface area contributed by atoms with Crippen molar-refractivity contribution in [3.63, 3.8) is 0 Å². The monoisotopic (exact) mass is 331 g/mol. The molecule has 7 heteroatoms. The molecule has 0 unspecified atom stereocenters. The van der Waals surface area contributed by atoms with Crippen LogP contribution in [0.25, 0.3) is 0 Å². The normalized spacial score (nSPS) is 20.8. The summed E-state index contributed by atoms with van der Waals surface area (Å²) in [6.07, 6.45) is 1.48. The molecule has 2 rings (SSSR count). The van der Waals surface area contributed by atoms with Crippen molar-refractivity contribution < 1.29 is 17.9 Å². The molecule has 0 bridgehead atoms. The molecule has 0 saturated carbocycles. The lowest BCUT2D eigenvalue weighted by atomic mass is 10.0. The maximum Gasteiger partial charge on any atom is 0.309 e. The summed E-state index contributed by atoms with van der Waals surface area (Å²) >= 11 is 1.68. The number of hydrogen-bond acceptors (Lipinski definition) is 5. The van der Waals surface area contributed by atoms with Gasteiger partial charge in [0.2, 0.25) is 10.0 Å². The summed E-state index contributed by atoms with van der Waals surface area (Å²) in [5.41, 5.74) is 1.11. The molecular weight excluding hydrogens is 310 g/mol. The minimum absolute atomic E-state index is 0.116. The first-order valence-electron chi connectivity index (χ1n) is 7.04.